The van der Waals surface area contributed by atoms with Crippen LogP contribution in [0.3, 0.4) is 0 Å². The molecule has 0 aliphatic carbocycles. The van der Waals surface area contributed by atoms with Gasteiger partial charge >= 0.3 is 0 Å². The van der Waals surface area contributed by atoms with Crippen LogP contribution in [0.4, 0.5) is 0 Å². The number of aromatic nitrogens is 1. The first-order valence-electron chi connectivity index (χ1n) is 5.57. The number of hydrogen-bond acceptors (Lipinski definition) is 3. The highest BCUT2D eigenvalue weighted by atomic mass is 32.1. The highest BCUT2D eigenvalue weighted by molar-refractivity contribution is 7.09. The first-order valence-corrected chi connectivity index (χ1v) is 6.45. The molecule has 0 aliphatic heterocycles. The third-order valence-corrected chi connectivity index (χ3v) is 3.38. The molecule has 1 aromatic heterocycles. The zero-order valence-electron chi connectivity index (χ0n) is 9.44. The zero-order chi connectivity index (χ0) is 11.4. The summed E-state index contributed by atoms with van der Waals surface area (Å²) < 4.78 is 0. The van der Waals surface area contributed by atoms with Gasteiger partial charge in [-0.05, 0) is 24.5 Å². The lowest BCUT2D eigenvalue weighted by Crippen LogP contribution is -1.95. The van der Waals surface area contributed by atoms with Crippen molar-refractivity contribution in [1.82, 2.24) is 4.98 Å². The van der Waals surface area contributed by atoms with Gasteiger partial charge in [0.05, 0.1) is 10.7 Å². The monoisotopic (exact) mass is 232 g/mol. The highest BCUT2D eigenvalue weighted by Crippen LogP contribution is 2.23. The van der Waals surface area contributed by atoms with Crippen molar-refractivity contribution in [1.29, 1.82) is 0 Å². The largest absolute Gasteiger partial charge is 0.326 e. The first kappa shape index (κ1) is 11.3. The van der Waals surface area contributed by atoms with Crippen LogP contribution in [-0.2, 0) is 13.0 Å². The number of benzene rings is 1. The van der Waals surface area contributed by atoms with Crippen LogP contribution in [-0.4, -0.2) is 4.98 Å². The van der Waals surface area contributed by atoms with E-state index < -0.39 is 0 Å². The molecule has 0 atom stereocenters. The van der Waals surface area contributed by atoms with E-state index in [4.69, 9.17) is 5.73 Å². The van der Waals surface area contributed by atoms with Crippen LogP contribution in [0.25, 0.3) is 11.3 Å². The number of thiazole rings is 1. The van der Waals surface area contributed by atoms with Crippen LogP contribution < -0.4 is 5.73 Å². The van der Waals surface area contributed by atoms with E-state index in [9.17, 15) is 0 Å². The standard InChI is InChI=1S/C13H16N2S/c1-2-4-13-15-12(9-16-13)11-6-3-5-10(7-11)8-14/h3,5-7,9H,2,4,8,14H2,1H3. The molecule has 3 heteroatoms. The lowest BCUT2D eigenvalue weighted by molar-refractivity contribution is 0.910. The molecule has 84 valence electrons. The van der Waals surface area contributed by atoms with Gasteiger partial charge in [0.25, 0.3) is 0 Å². The lowest BCUT2D eigenvalue weighted by Gasteiger charge is -2.00. The maximum atomic E-state index is 5.63. The fourth-order valence-corrected chi connectivity index (χ4v) is 2.54. The quantitative estimate of drug-likeness (QED) is 0.879. The van der Waals surface area contributed by atoms with Gasteiger partial charge in [-0.3, -0.25) is 0 Å². The van der Waals surface area contributed by atoms with Gasteiger partial charge in [0.15, 0.2) is 0 Å². The third kappa shape index (κ3) is 2.49. The van der Waals surface area contributed by atoms with Crippen LogP contribution in [0.1, 0.15) is 23.9 Å². The minimum atomic E-state index is 0.583. The minimum Gasteiger partial charge on any atom is -0.326 e. The molecule has 0 bridgehead atoms. The topological polar surface area (TPSA) is 38.9 Å². The molecule has 16 heavy (non-hydrogen) atoms. The predicted octanol–water partition coefficient (Wildman–Crippen LogP) is 3.22. The van der Waals surface area contributed by atoms with E-state index in [2.05, 4.69) is 29.4 Å². The number of aryl methyl sites for hydroxylation is 1. The molecule has 1 aromatic carbocycles. The van der Waals surface area contributed by atoms with E-state index in [1.54, 1.807) is 11.3 Å². The third-order valence-electron chi connectivity index (χ3n) is 2.47. The van der Waals surface area contributed by atoms with E-state index in [0.29, 0.717) is 6.54 Å². The van der Waals surface area contributed by atoms with Crippen molar-refractivity contribution in [2.75, 3.05) is 0 Å². The van der Waals surface area contributed by atoms with Gasteiger partial charge in [-0.15, -0.1) is 11.3 Å². The van der Waals surface area contributed by atoms with Gasteiger partial charge in [-0.1, -0.05) is 25.1 Å². The molecular weight excluding hydrogens is 216 g/mol. The predicted molar refractivity (Wildman–Crippen MR) is 69.4 cm³/mol. The summed E-state index contributed by atoms with van der Waals surface area (Å²) in [5.41, 5.74) is 9.03. The summed E-state index contributed by atoms with van der Waals surface area (Å²) in [5, 5.41) is 3.34. The first-order chi connectivity index (χ1) is 7.83. The molecule has 0 fully saturated rings. The normalized spacial score (nSPS) is 10.6. The fourth-order valence-electron chi connectivity index (χ4n) is 1.63. The molecule has 2 aromatic rings. The molecule has 0 saturated carbocycles. The van der Waals surface area contributed by atoms with Crippen molar-refractivity contribution in [2.24, 2.45) is 5.73 Å². The van der Waals surface area contributed by atoms with Crippen molar-refractivity contribution in [3.05, 3.63) is 40.2 Å². The maximum Gasteiger partial charge on any atom is 0.0932 e. The summed E-state index contributed by atoms with van der Waals surface area (Å²) in [6, 6.07) is 8.29. The summed E-state index contributed by atoms with van der Waals surface area (Å²) >= 11 is 1.74. The number of rotatable bonds is 4. The lowest BCUT2D eigenvalue weighted by atomic mass is 10.1. The maximum absolute atomic E-state index is 5.63. The van der Waals surface area contributed by atoms with E-state index in [1.165, 1.54) is 10.6 Å². The summed E-state index contributed by atoms with van der Waals surface area (Å²) in [7, 11) is 0. The molecule has 0 radical (unpaired) electrons. The average Bonchev–Trinajstić information content (AvgIpc) is 2.78. The van der Waals surface area contributed by atoms with E-state index in [1.807, 2.05) is 12.1 Å². The Morgan fingerprint density at radius 2 is 2.25 bits per heavy atom. The summed E-state index contributed by atoms with van der Waals surface area (Å²) in [6.07, 6.45) is 2.22. The van der Waals surface area contributed by atoms with Crippen LogP contribution in [0, 0.1) is 0 Å². The molecule has 0 amide bonds. The SMILES string of the molecule is CCCc1nc(-c2cccc(CN)c2)cs1. The Morgan fingerprint density at radius 3 is 3.00 bits per heavy atom. The van der Waals surface area contributed by atoms with Gasteiger partial charge in [0.2, 0.25) is 0 Å². The molecule has 0 spiro atoms. The van der Waals surface area contributed by atoms with Crippen molar-refractivity contribution < 1.29 is 0 Å². The smallest absolute Gasteiger partial charge is 0.0932 e. The van der Waals surface area contributed by atoms with Gasteiger partial charge in [-0.25, -0.2) is 4.98 Å². The second-order valence-electron chi connectivity index (χ2n) is 3.78. The van der Waals surface area contributed by atoms with Crippen LogP contribution in [0.2, 0.25) is 0 Å². The molecule has 0 saturated heterocycles. The Labute approximate surface area is 100 Å². The Morgan fingerprint density at radius 1 is 1.38 bits per heavy atom. The van der Waals surface area contributed by atoms with E-state index in [0.717, 1.165) is 24.1 Å². The van der Waals surface area contributed by atoms with Crippen LogP contribution >= 0.6 is 11.3 Å². The Hall–Kier alpha value is -1.19. The average molecular weight is 232 g/mol. The van der Waals surface area contributed by atoms with Crippen molar-refractivity contribution in [3.63, 3.8) is 0 Å². The molecule has 0 aliphatic rings. The molecular formula is C13H16N2S. The Balaban J connectivity index is 2.27. The van der Waals surface area contributed by atoms with Crippen LogP contribution in [0.15, 0.2) is 29.6 Å². The second-order valence-corrected chi connectivity index (χ2v) is 4.72. The second kappa shape index (κ2) is 5.23. The summed E-state index contributed by atoms with van der Waals surface area (Å²) in [5.74, 6) is 0. The van der Waals surface area contributed by atoms with Crippen molar-refractivity contribution in [2.45, 2.75) is 26.3 Å². The molecule has 2 nitrogen and oxygen atoms in total. The molecule has 0 unspecified atom stereocenters. The van der Waals surface area contributed by atoms with Gasteiger partial charge in [0.1, 0.15) is 0 Å². The number of nitrogens with zero attached hydrogens (tertiary/aromatic N) is 1. The highest BCUT2D eigenvalue weighted by Gasteiger charge is 2.04. The van der Waals surface area contributed by atoms with Crippen molar-refractivity contribution >= 4 is 11.3 Å². The van der Waals surface area contributed by atoms with E-state index >= 15 is 0 Å². The molecule has 2 N–H and O–H groups in total. The van der Waals surface area contributed by atoms with Gasteiger partial charge in [0, 0.05) is 17.5 Å². The molecule has 1 heterocycles. The fraction of sp³-hybridized carbons (Fsp3) is 0.308. The van der Waals surface area contributed by atoms with Crippen LogP contribution in [0.5, 0.6) is 0 Å². The summed E-state index contributed by atoms with van der Waals surface area (Å²) in [6.45, 7) is 2.76. The number of hydrogen-bond donors (Lipinski definition) is 1. The number of nitrogens with two attached hydrogens (primary N) is 1. The van der Waals surface area contributed by atoms with E-state index in [-0.39, 0.29) is 0 Å². The summed E-state index contributed by atoms with van der Waals surface area (Å²) in [4.78, 5) is 4.62. The molecule has 2 rings (SSSR count). The minimum absolute atomic E-state index is 0.583. The Bertz CT molecular complexity index is 462. The van der Waals surface area contributed by atoms with Gasteiger partial charge < -0.3 is 5.73 Å². The van der Waals surface area contributed by atoms with Crippen molar-refractivity contribution in [3.8, 4) is 11.3 Å². The van der Waals surface area contributed by atoms with Gasteiger partial charge in [-0.2, -0.15) is 0 Å². The Kier molecular flexibility index (Phi) is 3.70. The zero-order valence-corrected chi connectivity index (χ0v) is 10.3.